The molecule has 4 aliphatic rings. The van der Waals surface area contributed by atoms with Crippen LogP contribution in [0.4, 0.5) is 4.39 Å². The zero-order valence-electron chi connectivity index (χ0n) is 14.9. The second kappa shape index (κ2) is 5.86. The summed E-state index contributed by atoms with van der Waals surface area (Å²) in [6.07, 6.45) is 4.83. The van der Waals surface area contributed by atoms with Crippen molar-refractivity contribution in [2.24, 2.45) is 17.3 Å². The van der Waals surface area contributed by atoms with Gasteiger partial charge in [0.15, 0.2) is 6.61 Å². The van der Waals surface area contributed by atoms with Crippen LogP contribution in [0.15, 0.2) is 28.8 Å². The Morgan fingerprint density at radius 3 is 2.59 bits per heavy atom. The van der Waals surface area contributed by atoms with Gasteiger partial charge >= 0.3 is 5.97 Å². The third-order valence-electron chi connectivity index (χ3n) is 6.36. The molecule has 7 heteroatoms. The van der Waals surface area contributed by atoms with Crippen LogP contribution in [0.25, 0.3) is 11.4 Å². The van der Waals surface area contributed by atoms with Crippen molar-refractivity contribution in [1.82, 2.24) is 10.1 Å². The number of nitrogens with zero attached hydrogens (tertiary/aromatic N) is 2. The second-order valence-electron chi connectivity index (χ2n) is 8.56. The molecule has 1 aromatic heterocycles. The summed E-state index contributed by atoms with van der Waals surface area (Å²) in [5, 5.41) is 14.6. The third-order valence-corrected chi connectivity index (χ3v) is 6.36. The van der Waals surface area contributed by atoms with Gasteiger partial charge in [0.1, 0.15) is 5.82 Å². The number of aliphatic hydroxyl groups is 1. The summed E-state index contributed by atoms with van der Waals surface area (Å²) in [4.78, 5) is 17.1. The Morgan fingerprint density at radius 2 is 1.93 bits per heavy atom. The van der Waals surface area contributed by atoms with Crippen molar-refractivity contribution in [2.75, 3.05) is 0 Å². The summed E-state index contributed by atoms with van der Waals surface area (Å²) in [7, 11) is 0. The first-order valence-corrected chi connectivity index (χ1v) is 9.41. The highest BCUT2D eigenvalue weighted by molar-refractivity contribution is 5.77. The first kappa shape index (κ1) is 16.9. The largest absolute Gasteiger partial charge is 0.455 e. The smallest absolute Gasteiger partial charge is 0.312 e. The summed E-state index contributed by atoms with van der Waals surface area (Å²) in [6, 6.07) is 5.77. The minimum Gasteiger partial charge on any atom is -0.455 e. The van der Waals surface area contributed by atoms with E-state index in [-0.39, 0.29) is 24.3 Å². The van der Waals surface area contributed by atoms with Gasteiger partial charge in [0, 0.05) is 5.56 Å². The van der Waals surface area contributed by atoms with Crippen LogP contribution in [0.3, 0.4) is 0 Å². The van der Waals surface area contributed by atoms with Gasteiger partial charge < -0.3 is 14.4 Å². The van der Waals surface area contributed by atoms with Gasteiger partial charge in [-0.2, -0.15) is 4.98 Å². The van der Waals surface area contributed by atoms with E-state index in [9.17, 15) is 14.3 Å². The van der Waals surface area contributed by atoms with Gasteiger partial charge in [-0.25, -0.2) is 4.39 Å². The highest BCUT2D eigenvalue weighted by Gasteiger charge is 2.60. The molecule has 0 radical (unpaired) electrons. The van der Waals surface area contributed by atoms with E-state index in [1.165, 1.54) is 12.1 Å². The van der Waals surface area contributed by atoms with Crippen molar-refractivity contribution in [3.05, 3.63) is 36.0 Å². The molecule has 6 rings (SSSR count). The van der Waals surface area contributed by atoms with Crippen LogP contribution in [-0.4, -0.2) is 26.8 Å². The molecule has 1 heterocycles. The zero-order valence-corrected chi connectivity index (χ0v) is 14.9. The number of halogens is 1. The molecule has 1 aromatic carbocycles. The van der Waals surface area contributed by atoms with E-state index in [0.717, 1.165) is 32.1 Å². The quantitative estimate of drug-likeness (QED) is 0.829. The molecular formula is C20H21FN2O4. The first-order chi connectivity index (χ1) is 12.9. The Bertz CT molecular complexity index is 864. The molecule has 27 heavy (non-hydrogen) atoms. The molecule has 0 saturated heterocycles. The van der Waals surface area contributed by atoms with E-state index >= 15 is 0 Å². The molecule has 4 aliphatic carbocycles. The van der Waals surface area contributed by atoms with Gasteiger partial charge in [0.05, 0.1) is 11.0 Å². The molecule has 6 nitrogen and oxygen atoms in total. The van der Waals surface area contributed by atoms with Gasteiger partial charge in [-0.3, -0.25) is 4.79 Å². The van der Waals surface area contributed by atoms with E-state index in [4.69, 9.17) is 9.26 Å². The normalized spacial score (nSPS) is 34.0. The van der Waals surface area contributed by atoms with Gasteiger partial charge in [-0.15, -0.1) is 0 Å². The standard InChI is InChI=1S/C20H21FN2O4/c21-15-3-1-14(2-4-15)17-22-16(27-23-17)10-26-18(24)19-6-12-5-13(7-19)9-20(25,8-12)11-19/h1-4,12-13,25H,5-11H2/t12-,13-,19?,20?/m1/s1. The number of aromatic nitrogens is 2. The number of hydrogen-bond donors (Lipinski definition) is 1. The first-order valence-electron chi connectivity index (χ1n) is 9.41. The molecule has 142 valence electrons. The Kier molecular flexibility index (Phi) is 3.66. The number of carbonyl (C=O) groups is 1. The lowest BCUT2D eigenvalue weighted by atomic mass is 9.48. The Hall–Kier alpha value is -2.28. The average molecular weight is 372 g/mol. The molecule has 1 N–H and O–H groups in total. The van der Waals surface area contributed by atoms with Crippen molar-refractivity contribution >= 4 is 5.97 Å². The third kappa shape index (κ3) is 2.94. The predicted molar refractivity (Wildman–Crippen MR) is 91.6 cm³/mol. The second-order valence-corrected chi connectivity index (χ2v) is 8.56. The number of esters is 1. The minimum absolute atomic E-state index is 0.0947. The monoisotopic (exact) mass is 372 g/mol. The van der Waals surface area contributed by atoms with Crippen molar-refractivity contribution in [3.63, 3.8) is 0 Å². The molecule has 2 aromatic rings. The summed E-state index contributed by atoms with van der Waals surface area (Å²) in [5.74, 6) is 0.746. The fraction of sp³-hybridized carbons (Fsp3) is 0.550. The number of carbonyl (C=O) groups excluding carboxylic acids is 1. The SMILES string of the molecule is O=C(OCc1nc(-c2ccc(F)cc2)no1)C12C[C@H]3C[C@@H](CC(O)(C3)C1)C2. The van der Waals surface area contributed by atoms with Crippen molar-refractivity contribution < 1.29 is 23.6 Å². The molecule has 4 saturated carbocycles. The minimum atomic E-state index is -0.705. The van der Waals surface area contributed by atoms with Crippen LogP contribution in [0, 0.1) is 23.1 Å². The Balaban J connectivity index is 1.27. The Labute approximate surface area is 155 Å². The van der Waals surface area contributed by atoms with Gasteiger partial charge in [-0.05, 0) is 74.6 Å². The highest BCUT2D eigenvalue weighted by Crippen LogP contribution is 2.62. The lowest BCUT2D eigenvalue weighted by Crippen LogP contribution is -2.58. The molecule has 0 amide bonds. The topological polar surface area (TPSA) is 85.5 Å². The summed E-state index contributed by atoms with van der Waals surface area (Å²) in [6.45, 7) is -0.0947. The lowest BCUT2D eigenvalue weighted by Gasteiger charge is -2.58. The van der Waals surface area contributed by atoms with Gasteiger partial charge in [0.2, 0.25) is 5.82 Å². The maximum Gasteiger partial charge on any atom is 0.312 e. The summed E-state index contributed by atoms with van der Waals surface area (Å²) < 4.78 is 23.7. The maximum atomic E-state index is 13.0. The van der Waals surface area contributed by atoms with Crippen LogP contribution in [-0.2, 0) is 16.1 Å². The van der Waals surface area contributed by atoms with Crippen LogP contribution in [0.1, 0.15) is 44.4 Å². The molecular weight excluding hydrogens is 351 g/mol. The average Bonchev–Trinajstić information content (AvgIpc) is 3.07. The summed E-state index contributed by atoms with van der Waals surface area (Å²) in [5.41, 5.74) is -0.650. The molecule has 0 spiro atoms. The number of rotatable bonds is 4. The fourth-order valence-electron chi connectivity index (χ4n) is 5.76. The van der Waals surface area contributed by atoms with E-state index in [2.05, 4.69) is 10.1 Å². The van der Waals surface area contributed by atoms with Gasteiger partial charge in [-0.1, -0.05) is 5.16 Å². The van der Waals surface area contributed by atoms with Crippen LogP contribution < -0.4 is 0 Å². The lowest BCUT2D eigenvalue weighted by molar-refractivity contribution is -0.197. The van der Waals surface area contributed by atoms with Crippen molar-refractivity contribution in [2.45, 2.75) is 50.7 Å². The molecule has 0 unspecified atom stereocenters. The summed E-state index contributed by atoms with van der Waals surface area (Å²) >= 11 is 0. The van der Waals surface area contributed by atoms with E-state index < -0.39 is 11.0 Å². The number of ether oxygens (including phenoxy) is 1. The highest BCUT2D eigenvalue weighted by atomic mass is 19.1. The van der Waals surface area contributed by atoms with Crippen molar-refractivity contribution in [3.8, 4) is 11.4 Å². The predicted octanol–water partition coefficient (Wildman–Crippen LogP) is 3.25. The molecule has 4 bridgehead atoms. The molecule has 2 atom stereocenters. The number of hydrogen-bond acceptors (Lipinski definition) is 6. The Morgan fingerprint density at radius 1 is 1.22 bits per heavy atom. The van der Waals surface area contributed by atoms with E-state index in [1.54, 1.807) is 12.1 Å². The zero-order chi connectivity index (χ0) is 18.6. The fourth-order valence-corrected chi connectivity index (χ4v) is 5.76. The van der Waals surface area contributed by atoms with E-state index in [0.29, 0.717) is 29.6 Å². The van der Waals surface area contributed by atoms with Crippen LogP contribution in [0.2, 0.25) is 0 Å². The van der Waals surface area contributed by atoms with Crippen LogP contribution in [0.5, 0.6) is 0 Å². The van der Waals surface area contributed by atoms with Gasteiger partial charge in [0.25, 0.3) is 5.89 Å². The molecule has 0 aliphatic heterocycles. The molecule has 4 fully saturated rings. The maximum absolute atomic E-state index is 13.0. The number of benzene rings is 1. The van der Waals surface area contributed by atoms with Crippen molar-refractivity contribution in [1.29, 1.82) is 0 Å². The van der Waals surface area contributed by atoms with E-state index in [1.807, 2.05) is 0 Å². The van der Waals surface area contributed by atoms with Crippen LogP contribution >= 0.6 is 0 Å².